The summed E-state index contributed by atoms with van der Waals surface area (Å²) in [5.41, 5.74) is -0.417. The van der Waals surface area contributed by atoms with Crippen LogP contribution in [0.3, 0.4) is 0 Å². The highest BCUT2D eigenvalue weighted by Gasteiger charge is 2.23. The van der Waals surface area contributed by atoms with E-state index in [1.807, 2.05) is 0 Å². The summed E-state index contributed by atoms with van der Waals surface area (Å²) in [4.78, 5) is 15.1. The molecular formula is C11H12ClF2NO3. The van der Waals surface area contributed by atoms with Crippen LogP contribution in [0.4, 0.5) is 8.78 Å². The summed E-state index contributed by atoms with van der Waals surface area (Å²) in [6, 6.07) is 0. The van der Waals surface area contributed by atoms with Crippen LogP contribution < -0.4 is 4.74 Å². The van der Waals surface area contributed by atoms with Crippen LogP contribution in [0.15, 0.2) is 6.20 Å². The highest BCUT2D eigenvalue weighted by atomic mass is 35.5. The van der Waals surface area contributed by atoms with Gasteiger partial charge in [0.15, 0.2) is 0 Å². The summed E-state index contributed by atoms with van der Waals surface area (Å²) < 4.78 is 35.1. The SMILES string of the molecule is CCOC(=O)Cc1ncc(OC)c(C(F)F)c1Cl. The van der Waals surface area contributed by atoms with E-state index in [-0.39, 0.29) is 29.5 Å². The van der Waals surface area contributed by atoms with Crippen molar-refractivity contribution in [3.63, 3.8) is 0 Å². The first kappa shape index (κ1) is 14.6. The van der Waals surface area contributed by atoms with Gasteiger partial charge < -0.3 is 9.47 Å². The molecule has 0 aliphatic heterocycles. The summed E-state index contributed by atoms with van der Waals surface area (Å²) in [6.07, 6.45) is -1.95. The molecule has 0 aliphatic rings. The molecule has 1 heterocycles. The number of halogens is 3. The number of hydrogen-bond acceptors (Lipinski definition) is 4. The quantitative estimate of drug-likeness (QED) is 0.778. The Morgan fingerprint density at radius 2 is 2.22 bits per heavy atom. The number of hydrogen-bond donors (Lipinski definition) is 0. The Labute approximate surface area is 108 Å². The Morgan fingerprint density at radius 3 is 2.72 bits per heavy atom. The second-order valence-electron chi connectivity index (χ2n) is 3.28. The van der Waals surface area contributed by atoms with Crippen LogP contribution in [-0.4, -0.2) is 24.7 Å². The van der Waals surface area contributed by atoms with Crippen LogP contribution in [0.2, 0.25) is 5.02 Å². The number of carbonyl (C=O) groups is 1. The topological polar surface area (TPSA) is 48.4 Å². The molecular weight excluding hydrogens is 268 g/mol. The molecule has 0 atom stereocenters. The fourth-order valence-electron chi connectivity index (χ4n) is 1.36. The van der Waals surface area contributed by atoms with Gasteiger partial charge in [0, 0.05) is 0 Å². The molecule has 0 aromatic carbocycles. The second kappa shape index (κ2) is 6.49. The number of pyridine rings is 1. The number of carbonyl (C=O) groups excluding carboxylic acids is 1. The highest BCUT2D eigenvalue weighted by Crippen LogP contribution is 2.36. The van der Waals surface area contributed by atoms with Crippen molar-refractivity contribution in [1.29, 1.82) is 0 Å². The maximum Gasteiger partial charge on any atom is 0.311 e. The molecule has 100 valence electrons. The Hall–Kier alpha value is -1.43. The maximum absolute atomic E-state index is 12.8. The number of ether oxygens (including phenoxy) is 2. The predicted molar refractivity (Wildman–Crippen MR) is 61.1 cm³/mol. The largest absolute Gasteiger partial charge is 0.495 e. The van der Waals surface area contributed by atoms with E-state index in [0.717, 1.165) is 6.20 Å². The van der Waals surface area contributed by atoms with Gasteiger partial charge in [-0.1, -0.05) is 11.6 Å². The number of rotatable bonds is 5. The van der Waals surface area contributed by atoms with Crippen LogP contribution in [0.1, 0.15) is 24.6 Å². The monoisotopic (exact) mass is 279 g/mol. The van der Waals surface area contributed by atoms with Crippen LogP contribution in [0.5, 0.6) is 5.75 Å². The van der Waals surface area contributed by atoms with E-state index < -0.39 is 18.0 Å². The molecule has 1 rings (SSSR count). The zero-order valence-electron chi connectivity index (χ0n) is 9.87. The second-order valence-corrected chi connectivity index (χ2v) is 3.66. The molecule has 0 bridgehead atoms. The molecule has 7 heteroatoms. The number of methoxy groups -OCH3 is 1. The predicted octanol–water partition coefficient (Wildman–Crippen LogP) is 2.79. The van der Waals surface area contributed by atoms with Gasteiger partial charge in [-0.05, 0) is 6.92 Å². The molecule has 0 unspecified atom stereocenters. The lowest BCUT2D eigenvalue weighted by Gasteiger charge is -2.12. The van der Waals surface area contributed by atoms with Gasteiger partial charge in [0.25, 0.3) is 6.43 Å². The maximum atomic E-state index is 12.8. The number of aromatic nitrogens is 1. The zero-order valence-corrected chi connectivity index (χ0v) is 10.6. The average molecular weight is 280 g/mol. The Kier molecular flexibility index (Phi) is 5.27. The van der Waals surface area contributed by atoms with Crippen molar-refractivity contribution in [3.8, 4) is 5.75 Å². The molecule has 0 aliphatic carbocycles. The first-order valence-corrected chi connectivity index (χ1v) is 5.54. The lowest BCUT2D eigenvalue weighted by Crippen LogP contribution is -2.10. The van der Waals surface area contributed by atoms with Gasteiger partial charge in [0.05, 0.1) is 42.6 Å². The van der Waals surface area contributed by atoms with Crippen LogP contribution in [-0.2, 0) is 16.0 Å². The van der Waals surface area contributed by atoms with Gasteiger partial charge in [-0.3, -0.25) is 9.78 Å². The van der Waals surface area contributed by atoms with Crippen molar-refractivity contribution in [1.82, 2.24) is 4.98 Å². The van der Waals surface area contributed by atoms with E-state index in [1.54, 1.807) is 6.92 Å². The molecule has 0 saturated carbocycles. The standard InChI is InChI=1S/C11H12ClF2NO3/c1-3-18-8(16)4-6-10(12)9(11(13)14)7(17-2)5-15-6/h5,11H,3-4H2,1-2H3. The minimum atomic E-state index is -2.81. The molecule has 18 heavy (non-hydrogen) atoms. The minimum absolute atomic E-state index is 0.0474. The summed E-state index contributed by atoms with van der Waals surface area (Å²) in [6.45, 7) is 1.85. The van der Waals surface area contributed by atoms with Crippen molar-refractivity contribution >= 4 is 17.6 Å². The first-order valence-electron chi connectivity index (χ1n) is 5.16. The lowest BCUT2D eigenvalue weighted by atomic mass is 10.2. The molecule has 4 nitrogen and oxygen atoms in total. The highest BCUT2D eigenvalue weighted by molar-refractivity contribution is 6.32. The van der Waals surface area contributed by atoms with Crippen molar-refractivity contribution < 1.29 is 23.0 Å². The van der Waals surface area contributed by atoms with Gasteiger partial charge in [0.1, 0.15) is 5.75 Å². The summed E-state index contributed by atoms with van der Waals surface area (Å²) in [5, 5.41) is -0.266. The first-order chi connectivity index (χ1) is 8.51. The molecule has 0 fully saturated rings. The fourth-order valence-corrected chi connectivity index (χ4v) is 1.66. The van der Waals surface area contributed by atoms with Gasteiger partial charge in [-0.25, -0.2) is 8.78 Å². The van der Waals surface area contributed by atoms with E-state index in [2.05, 4.69) is 4.98 Å². The van der Waals surface area contributed by atoms with E-state index >= 15 is 0 Å². The third-order valence-electron chi connectivity index (χ3n) is 2.15. The average Bonchev–Trinajstić information content (AvgIpc) is 2.31. The van der Waals surface area contributed by atoms with Gasteiger partial charge in [0.2, 0.25) is 0 Å². The molecule has 1 aromatic heterocycles. The Balaban J connectivity index is 3.08. The zero-order chi connectivity index (χ0) is 13.7. The smallest absolute Gasteiger partial charge is 0.311 e. The minimum Gasteiger partial charge on any atom is -0.495 e. The Morgan fingerprint density at radius 1 is 1.56 bits per heavy atom. The molecule has 1 aromatic rings. The third kappa shape index (κ3) is 3.29. The number of nitrogens with zero attached hydrogens (tertiary/aromatic N) is 1. The molecule has 0 radical (unpaired) electrons. The molecule has 0 N–H and O–H groups in total. The van der Waals surface area contributed by atoms with Crippen LogP contribution in [0, 0.1) is 0 Å². The molecule has 0 spiro atoms. The van der Waals surface area contributed by atoms with Crippen molar-refractivity contribution in [2.75, 3.05) is 13.7 Å². The van der Waals surface area contributed by atoms with Crippen molar-refractivity contribution in [2.24, 2.45) is 0 Å². The van der Waals surface area contributed by atoms with Crippen LogP contribution >= 0.6 is 11.6 Å². The molecule has 0 saturated heterocycles. The van der Waals surface area contributed by atoms with Crippen molar-refractivity contribution in [3.05, 3.63) is 22.5 Å². The number of esters is 1. The van der Waals surface area contributed by atoms with E-state index in [0.29, 0.717) is 0 Å². The third-order valence-corrected chi connectivity index (χ3v) is 2.57. The van der Waals surface area contributed by atoms with E-state index in [9.17, 15) is 13.6 Å². The normalized spacial score (nSPS) is 10.6. The van der Waals surface area contributed by atoms with Gasteiger partial charge >= 0.3 is 5.97 Å². The molecule has 0 amide bonds. The lowest BCUT2D eigenvalue weighted by molar-refractivity contribution is -0.142. The van der Waals surface area contributed by atoms with E-state index in [1.165, 1.54) is 7.11 Å². The van der Waals surface area contributed by atoms with Gasteiger partial charge in [-0.2, -0.15) is 0 Å². The van der Waals surface area contributed by atoms with Crippen molar-refractivity contribution in [2.45, 2.75) is 19.8 Å². The van der Waals surface area contributed by atoms with Crippen LogP contribution in [0.25, 0.3) is 0 Å². The Bertz CT molecular complexity index is 441. The summed E-state index contributed by atoms with van der Waals surface area (Å²) in [7, 11) is 1.24. The summed E-state index contributed by atoms with van der Waals surface area (Å²) >= 11 is 5.80. The van der Waals surface area contributed by atoms with Gasteiger partial charge in [-0.15, -0.1) is 0 Å². The number of alkyl halides is 2. The fraction of sp³-hybridized carbons (Fsp3) is 0.455. The summed E-state index contributed by atoms with van der Waals surface area (Å²) in [5.74, 6) is -0.681. The van der Waals surface area contributed by atoms with E-state index in [4.69, 9.17) is 21.1 Å².